The molecular formula is C20H24FN3O2S. The molecule has 1 saturated heterocycles. The van der Waals surface area contributed by atoms with Crippen molar-refractivity contribution in [3.05, 3.63) is 58.0 Å². The van der Waals surface area contributed by atoms with E-state index < -0.39 is 0 Å². The Balaban J connectivity index is 1.41. The monoisotopic (exact) mass is 389 g/mol. The van der Waals surface area contributed by atoms with Crippen LogP contribution in [0.4, 0.5) is 4.39 Å². The van der Waals surface area contributed by atoms with E-state index in [1.165, 1.54) is 23.5 Å². The van der Waals surface area contributed by atoms with E-state index in [4.69, 9.17) is 0 Å². The van der Waals surface area contributed by atoms with E-state index in [1.54, 1.807) is 23.6 Å². The fourth-order valence-corrected chi connectivity index (χ4v) is 3.80. The number of halogens is 1. The third-order valence-electron chi connectivity index (χ3n) is 4.67. The number of hydrogen-bond donors (Lipinski definition) is 1. The van der Waals surface area contributed by atoms with E-state index in [2.05, 4.69) is 10.2 Å². The van der Waals surface area contributed by atoms with Gasteiger partial charge in [-0.05, 0) is 35.6 Å². The van der Waals surface area contributed by atoms with Gasteiger partial charge in [0.2, 0.25) is 5.91 Å². The van der Waals surface area contributed by atoms with Crippen LogP contribution in [-0.4, -0.2) is 54.3 Å². The summed E-state index contributed by atoms with van der Waals surface area (Å²) < 4.78 is 13.0. The molecule has 2 heterocycles. The van der Waals surface area contributed by atoms with Gasteiger partial charge in [-0.2, -0.15) is 11.3 Å². The summed E-state index contributed by atoms with van der Waals surface area (Å²) in [5.74, 6) is -0.285. The van der Waals surface area contributed by atoms with E-state index in [1.807, 2.05) is 10.3 Å². The number of carbonyl (C=O) groups excluding carboxylic acids is 2. The first kappa shape index (κ1) is 19.5. The van der Waals surface area contributed by atoms with Gasteiger partial charge in [-0.1, -0.05) is 12.1 Å². The largest absolute Gasteiger partial charge is 0.351 e. The first-order valence-electron chi connectivity index (χ1n) is 9.17. The van der Waals surface area contributed by atoms with Crippen molar-refractivity contribution < 1.29 is 14.0 Å². The van der Waals surface area contributed by atoms with Crippen LogP contribution in [0.5, 0.6) is 0 Å². The first-order valence-corrected chi connectivity index (χ1v) is 10.1. The molecule has 0 radical (unpaired) electrons. The fourth-order valence-electron chi connectivity index (χ4n) is 3.16. The lowest BCUT2D eigenvalue weighted by Gasteiger charge is -2.22. The molecule has 0 saturated carbocycles. The van der Waals surface area contributed by atoms with Crippen LogP contribution in [0, 0.1) is 5.82 Å². The van der Waals surface area contributed by atoms with Crippen LogP contribution in [0.2, 0.25) is 0 Å². The minimum atomic E-state index is -0.225. The van der Waals surface area contributed by atoms with Crippen molar-refractivity contribution in [1.29, 1.82) is 0 Å². The number of amides is 2. The Kier molecular flexibility index (Phi) is 6.95. The van der Waals surface area contributed by atoms with E-state index in [-0.39, 0.29) is 17.6 Å². The van der Waals surface area contributed by atoms with Crippen LogP contribution in [0.25, 0.3) is 0 Å². The summed E-state index contributed by atoms with van der Waals surface area (Å²) in [5.41, 5.74) is 1.71. The maximum atomic E-state index is 13.0. The molecule has 1 aromatic heterocycles. The van der Waals surface area contributed by atoms with Gasteiger partial charge < -0.3 is 10.2 Å². The van der Waals surface area contributed by atoms with Crippen molar-refractivity contribution >= 4 is 23.2 Å². The molecule has 0 bridgehead atoms. The highest BCUT2D eigenvalue weighted by molar-refractivity contribution is 7.08. The molecule has 2 amide bonds. The molecule has 7 heteroatoms. The van der Waals surface area contributed by atoms with Gasteiger partial charge in [0.15, 0.2) is 0 Å². The predicted molar refractivity (Wildman–Crippen MR) is 104 cm³/mol. The standard InChI is InChI=1S/C20H24FN3O2S/c21-18-4-2-16(3-5-18)14-23-9-1-10-24(12-11-23)19(25)6-8-22-20(26)17-7-13-27-15-17/h2-5,7,13,15H,1,6,8-12,14H2,(H,22,26). The minimum Gasteiger partial charge on any atom is -0.351 e. The zero-order valence-corrected chi connectivity index (χ0v) is 16.0. The molecule has 2 aromatic rings. The molecule has 1 N–H and O–H groups in total. The SMILES string of the molecule is O=C(NCCC(=O)N1CCCN(Cc2ccc(F)cc2)CC1)c1ccsc1. The molecule has 5 nitrogen and oxygen atoms in total. The van der Waals surface area contributed by atoms with Crippen LogP contribution in [0.3, 0.4) is 0 Å². The van der Waals surface area contributed by atoms with Gasteiger partial charge in [-0.25, -0.2) is 4.39 Å². The van der Waals surface area contributed by atoms with Gasteiger partial charge in [-0.3, -0.25) is 14.5 Å². The maximum Gasteiger partial charge on any atom is 0.252 e. The number of thiophene rings is 1. The molecular weight excluding hydrogens is 365 g/mol. The van der Waals surface area contributed by atoms with Crippen molar-refractivity contribution in [2.45, 2.75) is 19.4 Å². The second-order valence-corrected chi connectivity index (χ2v) is 7.43. The van der Waals surface area contributed by atoms with Gasteiger partial charge in [0.25, 0.3) is 5.91 Å². The maximum absolute atomic E-state index is 13.0. The van der Waals surface area contributed by atoms with Gasteiger partial charge in [-0.15, -0.1) is 0 Å². The molecule has 1 aromatic carbocycles. The Labute approximate surface area is 162 Å². The van der Waals surface area contributed by atoms with Crippen LogP contribution < -0.4 is 5.32 Å². The molecule has 0 spiro atoms. The molecule has 3 rings (SSSR count). The summed E-state index contributed by atoms with van der Waals surface area (Å²) in [5, 5.41) is 6.45. The Morgan fingerprint density at radius 1 is 1.07 bits per heavy atom. The lowest BCUT2D eigenvalue weighted by Crippen LogP contribution is -2.37. The fraction of sp³-hybridized carbons (Fsp3) is 0.400. The highest BCUT2D eigenvalue weighted by Gasteiger charge is 2.19. The van der Waals surface area contributed by atoms with Crippen molar-refractivity contribution in [2.24, 2.45) is 0 Å². The quantitative estimate of drug-likeness (QED) is 0.827. The number of carbonyl (C=O) groups is 2. The van der Waals surface area contributed by atoms with E-state index >= 15 is 0 Å². The van der Waals surface area contributed by atoms with E-state index in [9.17, 15) is 14.0 Å². The lowest BCUT2D eigenvalue weighted by atomic mass is 10.2. The Morgan fingerprint density at radius 3 is 2.63 bits per heavy atom. The Hall–Kier alpha value is -2.25. The smallest absolute Gasteiger partial charge is 0.252 e. The second kappa shape index (κ2) is 9.62. The third kappa shape index (κ3) is 5.87. The average molecular weight is 389 g/mol. The minimum absolute atomic E-state index is 0.0734. The molecule has 27 heavy (non-hydrogen) atoms. The molecule has 0 atom stereocenters. The number of rotatable bonds is 6. The van der Waals surface area contributed by atoms with Crippen LogP contribution in [0.15, 0.2) is 41.1 Å². The molecule has 1 fully saturated rings. The molecule has 0 aliphatic carbocycles. The van der Waals surface area contributed by atoms with Crippen LogP contribution >= 0.6 is 11.3 Å². The molecule has 1 aliphatic heterocycles. The van der Waals surface area contributed by atoms with E-state index in [0.29, 0.717) is 25.1 Å². The van der Waals surface area contributed by atoms with Gasteiger partial charge >= 0.3 is 0 Å². The van der Waals surface area contributed by atoms with Crippen molar-refractivity contribution in [1.82, 2.24) is 15.1 Å². The van der Waals surface area contributed by atoms with Crippen molar-refractivity contribution in [2.75, 3.05) is 32.7 Å². The van der Waals surface area contributed by atoms with Gasteiger partial charge in [0.05, 0.1) is 0 Å². The number of benzene rings is 1. The number of nitrogens with zero attached hydrogens (tertiary/aromatic N) is 2. The zero-order valence-electron chi connectivity index (χ0n) is 15.2. The zero-order chi connectivity index (χ0) is 19.1. The average Bonchev–Trinajstić information content (AvgIpc) is 3.11. The normalized spacial score (nSPS) is 15.4. The molecule has 0 unspecified atom stereocenters. The predicted octanol–water partition coefficient (Wildman–Crippen LogP) is 2.74. The van der Waals surface area contributed by atoms with Crippen molar-refractivity contribution in [3.8, 4) is 0 Å². The summed E-state index contributed by atoms with van der Waals surface area (Å²) in [4.78, 5) is 28.5. The summed E-state index contributed by atoms with van der Waals surface area (Å²) in [6.45, 7) is 4.23. The topological polar surface area (TPSA) is 52.7 Å². The van der Waals surface area contributed by atoms with Crippen LogP contribution in [0.1, 0.15) is 28.8 Å². The van der Waals surface area contributed by atoms with Gasteiger partial charge in [0, 0.05) is 56.6 Å². The molecule has 1 aliphatic rings. The van der Waals surface area contributed by atoms with E-state index in [0.717, 1.165) is 38.2 Å². The third-order valence-corrected chi connectivity index (χ3v) is 5.35. The number of hydrogen-bond acceptors (Lipinski definition) is 4. The molecule has 144 valence electrons. The van der Waals surface area contributed by atoms with Crippen molar-refractivity contribution in [3.63, 3.8) is 0 Å². The summed E-state index contributed by atoms with van der Waals surface area (Å²) in [7, 11) is 0. The highest BCUT2D eigenvalue weighted by Crippen LogP contribution is 2.11. The Morgan fingerprint density at radius 2 is 1.89 bits per heavy atom. The Bertz CT molecular complexity index is 749. The first-order chi connectivity index (χ1) is 13.1. The summed E-state index contributed by atoms with van der Waals surface area (Å²) in [6.07, 6.45) is 1.22. The van der Waals surface area contributed by atoms with Gasteiger partial charge in [0.1, 0.15) is 5.82 Å². The van der Waals surface area contributed by atoms with Crippen LogP contribution in [-0.2, 0) is 11.3 Å². The second-order valence-electron chi connectivity index (χ2n) is 6.65. The number of nitrogens with one attached hydrogen (secondary N) is 1. The summed E-state index contributed by atoms with van der Waals surface area (Å²) >= 11 is 1.47. The summed E-state index contributed by atoms with van der Waals surface area (Å²) in [6, 6.07) is 8.34. The highest BCUT2D eigenvalue weighted by atomic mass is 32.1. The lowest BCUT2D eigenvalue weighted by molar-refractivity contribution is -0.130.